The molecule has 0 saturated carbocycles. The lowest BCUT2D eigenvalue weighted by Gasteiger charge is -2.33. The van der Waals surface area contributed by atoms with Gasteiger partial charge in [-0.1, -0.05) is 33.1 Å². The van der Waals surface area contributed by atoms with Gasteiger partial charge in [-0.2, -0.15) is 4.98 Å². The Morgan fingerprint density at radius 2 is 2.00 bits per heavy atom. The number of nitrogens with zero attached hydrogens (tertiary/aromatic N) is 5. The maximum Gasteiger partial charge on any atom is 0.243 e. The van der Waals surface area contributed by atoms with E-state index in [2.05, 4.69) is 44.6 Å². The zero-order valence-electron chi connectivity index (χ0n) is 18.3. The van der Waals surface area contributed by atoms with E-state index in [1.54, 1.807) is 0 Å². The van der Waals surface area contributed by atoms with Crippen LogP contribution in [-0.4, -0.2) is 77.2 Å². The summed E-state index contributed by atoms with van der Waals surface area (Å²) in [5, 5.41) is 10.0. The van der Waals surface area contributed by atoms with Crippen LogP contribution in [0.25, 0.3) is 0 Å². The maximum atomic E-state index is 12.6. The average Bonchev–Trinajstić information content (AvgIpc) is 2.76. The molecule has 3 N–H and O–H groups in total. The zero-order valence-corrected chi connectivity index (χ0v) is 18.3. The van der Waals surface area contributed by atoms with Crippen LogP contribution in [-0.2, 0) is 16.0 Å². The van der Waals surface area contributed by atoms with Gasteiger partial charge in [0.05, 0.1) is 12.5 Å². The number of likely N-dealkylation sites (N-methyl/N-ethyl adjacent to an activating group) is 1. The summed E-state index contributed by atoms with van der Waals surface area (Å²) in [7, 11) is 2.10. The van der Waals surface area contributed by atoms with Gasteiger partial charge in [-0.15, -0.1) is 0 Å². The van der Waals surface area contributed by atoms with Crippen LogP contribution in [0.4, 0.5) is 11.8 Å². The molecule has 168 valence electrons. The van der Waals surface area contributed by atoms with E-state index < -0.39 is 5.92 Å². The summed E-state index contributed by atoms with van der Waals surface area (Å²) in [5.74, 6) is 0.346. The van der Waals surface area contributed by atoms with Crippen molar-refractivity contribution in [3.63, 3.8) is 0 Å². The minimum absolute atomic E-state index is 0.0525. The highest BCUT2D eigenvalue weighted by atomic mass is 16.5. The summed E-state index contributed by atoms with van der Waals surface area (Å²) in [5.41, 5.74) is 6.36. The third kappa shape index (κ3) is 7.42. The highest BCUT2D eigenvalue weighted by Gasteiger charge is 2.21. The molecule has 2 rings (SSSR count). The molecular formula is C20H35N7O3. The van der Waals surface area contributed by atoms with Crippen molar-refractivity contribution < 1.29 is 14.8 Å². The third-order valence-corrected chi connectivity index (χ3v) is 5.31. The Morgan fingerprint density at radius 3 is 2.63 bits per heavy atom. The summed E-state index contributed by atoms with van der Waals surface area (Å²) in [6.07, 6.45) is 4.49. The SMILES string of the molecule is CCCCC[C@H](CN(O)C=O)C(=O)NNc1nc(CC)cc(N2CCN(C)CC2)n1. The third-order valence-electron chi connectivity index (χ3n) is 5.31. The average molecular weight is 422 g/mol. The minimum atomic E-state index is -0.522. The van der Waals surface area contributed by atoms with Crippen molar-refractivity contribution in [3.8, 4) is 0 Å². The molecule has 1 aliphatic rings. The predicted octanol–water partition coefficient (Wildman–Crippen LogP) is 1.28. The molecule has 1 atom stereocenters. The molecule has 2 amide bonds. The second kappa shape index (κ2) is 12.3. The minimum Gasteiger partial charge on any atom is -0.354 e. The molecular weight excluding hydrogens is 386 g/mol. The van der Waals surface area contributed by atoms with E-state index in [1.807, 2.05) is 13.0 Å². The summed E-state index contributed by atoms with van der Waals surface area (Å²) < 4.78 is 0. The van der Waals surface area contributed by atoms with Crippen molar-refractivity contribution in [2.75, 3.05) is 50.1 Å². The number of hydroxylamine groups is 2. The zero-order chi connectivity index (χ0) is 21.9. The topological polar surface area (TPSA) is 114 Å². The Hall–Kier alpha value is -2.46. The molecule has 30 heavy (non-hydrogen) atoms. The number of piperazine rings is 1. The van der Waals surface area contributed by atoms with Crippen molar-refractivity contribution in [2.24, 2.45) is 5.92 Å². The summed E-state index contributed by atoms with van der Waals surface area (Å²) in [4.78, 5) is 36.9. The first kappa shape index (κ1) is 23.8. The molecule has 0 bridgehead atoms. The molecule has 1 aromatic rings. The molecule has 1 fully saturated rings. The number of aromatic nitrogens is 2. The molecule has 1 aliphatic heterocycles. The van der Waals surface area contributed by atoms with Crippen molar-refractivity contribution in [2.45, 2.75) is 46.0 Å². The number of hydrazine groups is 1. The molecule has 0 unspecified atom stereocenters. The fourth-order valence-electron chi connectivity index (χ4n) is 3.35. The largest absolute Gasteiger partial charge is 0.354 e. The first-order valence-electron chi connectivity index (χ1n) is 10.7. The van der Waals surface area contributed by atoms with Crippen molar-refractivity contribution >= 4 is 24.1 Å². The number of nitrogens with one attached hydrogen (secondary N) is 2. The Labute approximate surface area is 178 Å². The van der Waals surface area contributed by atoms with Crippen LogP contribution < -0.4 is 15.8 Å². The number of amides is 2. The van der Waals surface area contributed by atoms with E-state index in [9.17, 15) is 14.8 Å². The standard InChI is InChI=1S/C20H35N7O3/c1-4-6-7-8-16(14-27(30)15-28)19(29)23-24-20-21-17(5-2)13-18(22-20)26-11-9-25(3)10-12-26/h13,15-16,30H,4-12,14H2,1-3H3,(H,23,29)(H,21,22,24)/t16-/m1/s1. The number of hydrogen-bond acceptors (Lipinski definition) is 8. The number of unbranched alkanes of at least 4 members (excludes halogenated alkanes) is 2. The van der Waals surface area contributed by atoms with Crippen LogP contribution in [0, 0.1) is 5.92 Å². The second-order valence-electron chi connectivity index (χ2n) is 7.72. The van der Waals surface area contributed by atoms with Gasteiger partial charge < -0.3 is 9.80 Å². The summed E-state index contributed by atoms with van der Waals surface area (Å²) in [6.45, 7) is 7.77. The monoisotopic (exact) mass is 421 g/mol. The number of hydrogen-bond donors (Lipinski definition) is 3. The van der Waals surface area contributed by atoms with Crippen LogP contribution in [0.1, 0.15) is 45.2 Å². The highest BCUT2D eigenvalue weighted by molar-refractivity contribution is 5.80. The number of anilines is 2. The fraction of sp³-hybridized carbons (Fsp3) is 0.700. The van der Waals surface area contributed by atoms with Crippen molar-refractivity contribution in [3.05, 3.63) is 11.8 Å². The van der Waals surface area contributed by atoms with E-state index in [-0.39, 0.29) is 12.5 Å². The van der Waals surface area contributed by atoms with Gasteiger partial charge in [-0.3, -0.25) is 25.6 Å². The molecule has 1 saturated heterocycles. The van der Waals surface area contributed by atoms with E-state index >= 15 is 0 Å². The van der Waals surface area contributed by atoms with Crippen LogP contribution in [0.15, 0.2) is 6.07 Å². The molecule has 0 spiro atoms. The molecule has 10 heteroatoms. The number of rotatable bonds is 12. The normalized spacial score (nSPS) is 15.5. The smallest absolute Gasteiger partial charge is 0.243 e. The first-order valence-corrected chi connectivity index (χ1v) is 10.7. The van der Waals surface area contributed by atoms with Crippen LogP contribution in [0.2, 0.25) is 0 Å². The van der Waals surface area contributed by atoms with Gasteiger partial charge in [0.25, 0.3) is 0 Å². The molecule has 2 heterocycles. The van der Waals surface area contributed by atoms with Crippen LogP contribution in [0.3, 0.4) is 0 Å². The molecule has 0 radical (unpaired) electrons. The maximum absolute atomic E-state index is 12.6. The van der Waals surface area contributed by atoms with Gasteiger partial charge in [0.1, 0.15) is 5.82 Å². The van der Waals surface area contributed by atoms with Gasteiger partial charge in [0, 0.05) is 37.9 Å². The lowest BCUT2D eigenvalue weighted by molar-refractivity contribution is -0.154. The molecule has 1 aromatic heterocycles. The Kier molecular flexibility index (Phi) is 9.75. The van der Waals surface area contributed by atoms with Crippen LogP contribution in [0.5, 0.6) is 0 Å². The van der Waals surface area contributed by atoms with Gasteiger partial charge in [-0.05, 0) is 19.9 Å². The van der Waals surface area contributed by atoms with E-state index in [0.717, 1.165) is 63.4 Å². The lowest BCUT2D eigenvalue weighted by atomic mass is 10.0. The Bertz CT molecular complexity index is 680. The number of carbonyl (C=O) groups excluding carboxylic acids is 2. The predicted molar refractivity (Wildman–Crippen MR) is 115 cm³/mol. The number of carbonyl (C=O) groups is 2. The fourth-order valence-corrected chi connectivity index (χ4v) is 3.35. The highest BCUT2D eigenvalue weighted by Crippen LogP contribution is 2.17. The first-order chi connectivity index (χ1) is 14.5. The van der Waals surface area contributed by atoms with Crippen molar-refractivity contribution in [1.29, 1.82) is 0 Å². The van der Waals surface area contributed by atoms with E-state index in [0.29, 0.717) is 23.8 Å². The summed E-state index contributed by atoms with van der Waals surface area (Å²) in [6, 6.07) is 1.99. The molecule has 0 aromatic carbocycles. The Morgan fingerprint density at radius 1 is 1.27 bits per heavy atom. The van der Waals surface area contributed by atoms with Gasteiger partial charge in [-0.25, -0.2) is 10.0 Å². The van der Waals surface area contributed by atoms with Gasteiger partial charge in [0.15, 0.2) is 0 Å². The molecule has 10 nitrogen and oxygen atoms in total. The van der Waals surface area contributed by atoms with Crippen LogP contribution >= 0.6 is 0 Å². The van der Waals surface area contributed by atoms with E-state index in [1.165, 1.54) is 0 Å². The van der Waals surface area contributed by atoms with E-state index in [4.69, 9.17) is 0 Å². The quantitative estimate of drug-likeness (QED) is 0.200. The van der Waals surface area contributed by atoms with Gasteiger partial charge in [0.2, 0.25) is 18.3 Å². The second-order valence-corrected chi connectivity index (χ2v) is 7.72. The van der Waals surface area contributed by atoms with Crippen molar-refractivity contribution in [1.82, 2.24) is 25.4 Å². The molecule has 0 aliphatic carbocycles. The Balaban J connectivity index is 2.03. The summed E-state index contributed by atoms with van der Waals surface area (Å²) >= 11 is 0. The number of aryl methyl sites for hydroxylation is 1. The lowest BCUT2D eigenvalue weighted by Crippen LogP contribution is -2.45. The van der Waals surface area contributed by atoms with Gasteiger partial charge >= 0.3 is 0 Å².